The fourth-order valence-electron chi connectivity index (χ4n) is 10.9. The lowest BCUT2D eigenvalue weighted by molar-refractivity contribution is 0.805. The molecule has 0 fully saturated rings. The minimum atomic E-state index is -0.0598. The van der Waals surface area contributed by atoms with Crippen LogP contribution in [-0.2, 0) is 0 Å². The molecule has 0 radical (unpaired) electrons. The van der Waals surface area contributed by atoms with Gasteiger partial charge in [0.15, 0.2) is 0 Å². The lowest BCUT2D eigenvalue weighted by Gasteiger charge is -2.29. The smallest absolute Gasteiger partial charge is 0.209 e. The summed E-state index contributed by atoms with van der Waals surface area (Å²) >= 11 is 0. The quantitative estimate of drug-likeness (QED) is 0.176. The second-order valence-electron chi connectivity index (χ2n) is 17.5. The maximum atomic E-state index is 5.66. The summed E-state index contributed by atoms with van der Waals surface area (Å²) in [6, 6.07) is 75.2. The molecule has 0 bridgehead atoms. The third-order valence-electron chi connectivity index (χ3n) is 13.9. The molecule has 1 aliphatic carbocycles. The Morgan fingerprint density at radius 2 is 1.00 bits per heavy atom. The normalized spacial score (nSPS) is 14.8. The summed E-state index contributed by atoms with van der Waals surface area (Å²) in [5.74, 6) is 0.804. The summed E-state index contributed by atoms with van der Waals surface area (Å²) in [4.78, 5) is 5.66. The molecule has 1 unspecified atom stereocenters. The number of fused-ring (bicyclic) bond motifs is 14. The fraction of sp³-hybridized carbons (Fsp3) is 0.0161. The summed E-state index contributed by atoms with van der Waals surface area (Å²) in [7, 11) is 0. The van der Waals surface area contributed by atoms with Crippen LogP contribution in [0.1, 0.15) is 5.56 Å². The second-order valence-corrected chi connectivity index (χ2v) is 17.5. The van der Waals surface area contributed by atoms with E-state index in [0.29, 0.717) is 0 Å². The molecule has 0 saturated heterocycles. The van der Waals surface area contributed by atoms with Crippen molar-refractivity contribution in [1.82, 2.24) is 14.5 Å². The SMILES string of the molecule is C1=CC2=C(c3ccc(-c4ccccc4)cc3)N=C(n3c4ccc(-c5ccc6c(c5)c5ccccc5n6-c5ccccc5)cc4c4c5c6ccccc6ccc5c5ccccc5c43)NC2C=C1. The molecule has 1 N–H and O–H groups in total. The molecule has 14 rings (SSSR count). The van der Waals surface area contributed by atoms with Gasteiger partial charge < -0.3 is 9.88 Å². The highest BCUT2D eigenvalue weighted by molar-refractivity contribution is 6.38. The highest BCUT2D eigenvalue weighted by Crippen LogP contribution is 2.46. The summed E-state index contributed by atoms with van der Waals surface area (Å²) in [6.07, 6.45) is 8.72. The maximum Gasteiger partial charge on any atom is 0.209 e. The van der Waals surface area contributed by atoms with Crippen LogP contribution >= 0.6 is 0 Å². The van der Waals surface area contributed by atoms with E-state index < -0.39 is 0 Å². The van der Waals surface area contributed by atoms with Gasteiger partial charge in [-0.15, -0.1) is 0 Å². The zero-order chi connectivity index (χ0) is 43.3. The van der Waals surface area contributed by atoms with Crippen molar-refractivity contribution in [3.05, 3.63) is 242 Å². The van der Waals surface area contributed by atoms with Crippen LogP contribution in [-0.4, -0.2) is 21.1 Å². The van der Waals surface area contributed by atoms with Crippen molar-refractivity contribution in [3.63, 3.8) is 0 Å². The molecule has 2 aliphatic rings. The van der Waals surface area contributed by atoms with Crippen LogP contribution in [0.5, 0.6) is 0 Å². The fourth-order valence-corrected chi connectivity index (χ4v) is 10.9. The number of aliphatic imine (C=N–C) groups is 1. The van der Waals surface area contributed by atoms with Crippen LogP contribution in [0, 0.1) is 0 Å². The van der Waals surface area contributed by atoms with Crippen LogP contribution in [0.25, 0.3) is 110 Å². The Morgan fingerprint density at radius 1 is 0.394 bits per heavy atom. The Bertz CT molecular complexity index is 4110. The molecule has 1 aliphatic heterocycles. The van der Waals surface area contributed by atoms with Gasteiger partial charge >= 0.3 is 0 Å². The van der Waals surface area contributed by atoms with Gasteiger partial charge in [0.05, 0.1) is 33.8 Å². The number of benzene rings is 10. The van der Waals surface area contributed by atoms with Crippen molar-refractivity contribution in [2.75, 3.05) is 0 Å². The van der Waals surface area contributed by atoms with Gasteiger partial charge in [0.2, 0.25) is 5.96 Å². The number of hydrogen-bond acceptors (Lipinski definition) is 2. The summed E-state index contributed by atoms with van der Waals surface area (Å²) < 4.78 is 4.80. The molecule has 66 heavy (non-hydrogen) atoms. The monoisotopic (exact) mass is 840 g/mol. The van der Waals surface area contributed by atoms with Gasteiger partial charge in [-0.25, -0.2) is 4.99 Å². The van der Waals surface area contributed by atoms with Crippen LogP contribution in [0.2, 0.25) is 0 Å². The van der Waals surface area contributed by atoms with E-state index >= 15 is 0 Å². The van der Waals surface area contributed by atoms with Gasteiger partial charge in [-0.2, -0.15) is 0 Å². The van der Waals surface area contributed by atoms with Crippen LogP contribution in [0.3, 0.4) is 0 Å². The average Bonchev–Trinajstić information content (AvgIpc) is 3.91. The first-order valence-electron chi connectivity index (χ1n) is 22.7. The molecule has 10 aromatic carbocycles. The minimum Gasteiger partial charge on any atom is -0.345 e. The van der Waals surface area contributed by atoms with Crippen molar-refractivity contribution in [2.45, 2.75) is 6.04 Å². The van der Waals surface area contributed by atoms with E-state index in [9.17, 15) is 0 Å². The van der Waals surface area contributed by atoms with Crippen molar-refractivity contribution in [2.24, 2.45) is 4.99 Å². The van der Waals surface area contributed by atoms with Gasteiger partial charge in [-0.3, -0.25) is 4.57 Å². The lowest BCUT2D eigenvalue weighted by atomic mass is 9.92. The molecule has 0 saturated carbocycles. The van der Waals surface area contributed by atoms with E-state index in [0.717, 1.165) is 39.5 Å². The van der Waals surface area contributed by atoms with Crippen molar-refractivity contribution < 1.29 is 0 Å². The Kier molecular flexibility index (Phi) is 8.01. The number of nitrogens with zero attached hydrogens (tertiary/aromatic N) is 3. The predicted octanol–water partition coefficient (Wildman–Crippen LogP) is 15.4. The van der Waals surface area contributed by atoms with E-state index in [1.807, 2.05) is 0 Å². The van der Waals surface area contributed by atoms with Gasteiger partial charge in [-0.05, 0) is 86.3 Å². The largest absolute Gasteiger partial charge is 0.345 e. The molecular weight excluding hydrogens is 801 g/mol. The van der Waals surface area contributed by atoms with E-state index in [1.54, 1.807) is 0 Å². The second kappa shape index (κ2) is 14.4. The Hall–Kier alpha value is -8.73. The minimum absolute atomic E-state index is 0.0598. The maximum absolute atomic E-state index is 5.66. The molecule has 12 aromatic rings. The lowest BCUT2D eigenvalue weighted by Crippen LogP contribution is -2.42. The predicted molar refractivity (Wildman–Crippen MR) is 279 cm³/mol. The topological polar surface area (TPSA) is 34.2 Å². The molecule has 0 spiro atoms. The van der Waals surface area contributed by atoms with E-state index in [1.165, 1.54) is 87.1 Å². The zero-order valence-corrected chi connectivity index (χ0v) is 35.9. The first kappa shape index (κ1) is 36.7. The van der Waals surface area contributed by atoms with Gasteiger partial charge in [0.1, 0.15) is 0 Å². The third kappa shape index (κ3) is 5.49. The number of nitrogens with one attached hydrogen (secondary N) is 1. The number of allylic oxidation sites excluding steroid dienone is 2. The van der Waals surface area contributed by atoms with E-state index in [4.69, 9.17) is 4.99 Å². The molecule has 4 nitrogen and oxygen atoms in total. The number of aromatic nitrogens is 2. The molecule has 308 valence electrons. The first-order chi connectivity index (χ1) is 32.7. The Morgan fingerprint density at radius 3 is 1.80 bits per heavy atom. The summed E-state index contributed by atoms with van der Waals surface area (Å²) in [6.45, 7) is 0. The zero-order valence-electron chi connectivity index (χ0n) is 35.9. The molecule has 3 heterocycles. The van der Waals surface area contributed by atoms with Crippen LogP contribution in [0.15, 0.2) is 241 Å². The van der Waals surface area contributed by atoms with Crippen LogP contribution < -0.4 is 5.32 Å². The Balaban J connectivity index is 1.05. The van der Waals surface area contributed by atoms with Gasteiger partial charge in [-0.1, -0.05) is 188 Å². The number of hydrogen-bond donors (Lipinski definition) is 1. The molecule has 1 atom stereocenters. The standard InChI is InChI=1S/C62H40N4/c1-3-15-39(16-4-1)40-27-29-42(30-28-40)60-51-24-11-13-25-54(51)63-62(64-60)66-57-36-33-44(43-32-35-56-52(37-43)48-22-12-14-26-55(48)65(56)45-18-5-2-6-19-45)38-53(57)59-58-46-20-8-7-17-41(46)31-34-49(58)47-21-9-10-23-50(47)61(59)66/h1-38,54H,(H,63,64). The third-order valence-corrected chi connectivity index (χ3v) is 13.9. The molecule has 0 amide bonds. The van der Waals surface area contributed by atoms with E-state index in [-0.39, 0.29) is 6.04 Å². The molecular formula is C62H40N4. The van der Waals surface area contributed by atoms with Crippen molar-refractivity contribution in [3.8, 4) is 27.9 Å². The highest BCUT2D eigenvalue weighted by Gasteiger charge is 2.29. The molecule has 4 heteroatoms. The number of rotatable bonds is 4. The highest BCUT2D eigenvalue weighted by atomic mass is 15.2. The average molecular weight is 841 g/mol. The van der Waals surface area contributed by atoms with Crippen molar-refractivity contribution in [1.29, 1.82) is 0 Å². The van der Waals surface area contributed by atoms with Crippen LogP contribution in [0.4, 0.5) is 0 Å². The summed E-state index contributed by atoms with van der Waals surface area (Å²) in [5, 5.41) is 16.2. The van der Waals surface area contributed by atoms with Gasteiger partial charge in [0.25, 0.3) is 0 Å². The first-order valence-corrected chi connectivity index (χ1v) is 22.7. The Labute approximate surface area is 381 Å². The van der Waals surface area contributed by atoms with Gasteiger partial charge in [0, 0.05) is 49.1 Å². The molecule has 2 aromatic heterocycles. The van der Waals surface area contributed by atoms with E-state index in [2.05, 4.69) is 245 Å². The number of para-hydroxylation sites is 2. The summed E-state index contributed by atoms with van der Waals surface area (Å²) in [5.41, 5.74) is 13.7. The van der Waals surface area contributed by atoms with Crippen molar-refractivity contribution >= 4 is 87.6 Å².